The van der Waals surface area contributed by atoms with Gasteiger partial charge in [0, 0.05) is 13.0 Å². The monoisotopic (exact) mass is 256 g/mol. The summed E-state index contributed by atoms with van der Waals surface area (Å²) in [5, 5.41) is 7.27. The standard InChI is InChI=1S/C12H24N4S/c1-6-7-11-13-14-12(17)16(11)10(9(2)3)8-15(4)5/h9-10H,6-8H2,1-5H3,(H,14,17). The lowest BCUT2D eigenvalue weighted by Crippen LogP contribution is -2.29. The minimum absolute atomic E-state index is 0.387. The molecule has 1 rings (SSSR count). The first kappa shape index (κ1) is 14.4. The maximum absolute atomic E-state index is 5.36. The highest BCUT2D eigenvalue weighted by molar-refractivity contribution is 7.71. The summed E-state index contributed by atoms with van der Waals surface area (Å²) in [6, 6.07) is 0.387. The zero-order valence-electron chi connectivity index (χ0n) is 11.5. The first-order valence-corrected chi connectivity index (χ1v) is 6.68. The van der Waals surface area contributed by atoms with Gasteiger partial charge in [0.15, 0.2) is 4.77 Å². The highest BCUT2D eigenvalue weighted by Gasteiger charge is 2.20. The zero-order valence-corrected chi connectivity index (χ0v) is 12.3. The van der Waals surface area contributed by atoms with Gasteiger partial charge < -0.3 is 4.90 Å². The van der Waals surface area contributed by atoms with Crippen LogP contribution < -0.4 is 0 Å². The van der Waals surface area contributed by atoms with Crippen molar-refractivity contribution in [3.05, 3.63) is 10.6 Å². The third-order valence-electron chi connectivity index (χ3n) is 2.90. The van der Waals surface area contributed by atoms with E-state index in [0.717, 1.165) is 30.0 Å². The van der Waals surface area contributed by atoms with Gasteiger partial charge in [-0.3, -0.25) is 9.67 Å². The van der Waals surface area contributed by atoms with Crippen LogP contribution in [0.25, 0.3) is 0 Å². The fourth-order valence-electron chi connectivity index (χ4n) is 2.04. The molecule has 1 atom stereocenters. The Hall–Kier alpha value is -0.680. The fourth-order valence-corrected chi connectivity index (χ4v) is 2.33. The number of likely N-dealkylation sites (N-methyl/N-ethyl adjacent to an activating group) is 1. The van der Waals surface area contributed by atoms with Gasteiger partial charge >= 0.3 is 0 Å². The van der Waals surface area contributed by atoms with Crippen LogP contribution in [0.5, 0.6) is 0 Å². The number of rotatable bonds is 6. The van der Waals surface area contributed by atoms with E-state index < -0.39 is 0 Å². The van der Waals surface area contributed by atoms with Crippen LogP contribution in [0.3, 0.4) is 0 Å². The number of hydrogen-bond acceptors (Lipinski definition) is 3. The summed E-state index contributed by atoms with van der Waals surface area (Å²) in [6.45, 7) is 7.62. The minimum Gasteiger partial charge on any atom is -0.307 e. The highest BCUT2D eigenvalue weighted by atomic mass is 32.1. The molecule has 1 aromatic rings. The van der Waals surface area contributed by atoms with E-state index >= 15 is 0 Å². The Morgan fingerprint density at radius 3 is 2.53 bits per heavy atom. The molecule has 17 heavy (non-hydrogen) atoms. The molecule has 0 aliphatic rings. The van der Waals surface area contributed by atoms with Crippen molar-refractivity contribution < 1.29 is 0 Å². The molecule has 1 heterocycles. The van der Waals surface area contributed by atoms with Gasteiger partial charge in [-0.25, -0.2) is 0 Å². The van der Waals surface area contributed by atoms with Crippen LogP contribution in [0.4, 0.5) is 0 Å². The summed E-state index contributed by atoms with van der Waals surface area (Å²) in [7, 11) is 4.19. The lowest BCUT2D eigenvalue weighted by atomic mass is 10.0. The number of aromatic amines is 1. The van der Waals surface area contributed by atoms with Crippen LogP contribution in [0.15, 0.2) is 0 Å². The number of H-pyrrole nitrogens is 1. The Morgan fingerprint density at radius 1 is 1.41 bits per heavy atom. The first-order valence-electron chi connectivity index (χ1n) is 6.27. The molecular weight excluding hydrogens is 232 g/mol. The molecule has 0 bridgehead atoms. The second kappa shape index (κ2) is 6.31. The van der Waals surface area contributed by atoms with Crippen LogP contribution in [-0.2, 0) is 6.42 Å². The maximum Gasteiger partial charge on any atom is 0.195 e. The quantitative estimate of drug-likeness (QED) is 0.795. The predicted octanol–water partition coefficient (Wildman–Crippen LogP) is 2.65. The Bertz CT molecular complexity index is 391. The van der Waals surface area contributed by atoms with Gasteiger partial charge in [0.2, 0.25) is 0 Å². The van der Waals surface area contributed by atoms with Gasteiger partial charge in [-0.05, 0) is 38.7 Å². The van der Waals surface area contributed by atoms with Gasteiger partial charge in [0.25, 0.3) is 0 Å². The molecule has 0 fully saturated rings. The molecule has 0 amide bonds. The van der Waals surface area contributed by atoms with Gasteiger partial charge in [-0.15, -0.1) is 0 Å². The molecule has 98 valence electrons. The molecule has 0 aliphatic carbocycles. The number of aryl methyl sites for hydroxylation is 1. The molecule has 0 spiro atoms. The summed E-state index contributed by atoms with van der Waals surface area (Å²) >= 11 is 5.36. The van der Waals surface area contributed by atoms with Gasteiger partial charge in [-0.1, -0.05) is 20.8 Å². The number of nitrogens with zero attached hydrogens (tertiary/aromatic N) is 3. The average molecular weight is 256 g/mol. The van der Waals surface area contributed by atoms with Crippen LogP contribution in [0.1, 0.15) is 39.1 Å². The van der Waals surface area contributed by atoms with Crippen molar-refractivity contribution in [3.8, 4) is 0 Å². The number of aromatic nitrogens is 3. The van der Waals surface area contributed by atoms with E-state index in [-0.39, 0.29) is 0 Å². The molecule has 5 heteroatoms. The first-order chi connectivity index (χ1) is 7.97. The van der Waals surface area contributed by atoms with E-state index in [0.29, 0.717) is 12.0 Å². The fraction of sp³-hybridized carbons (Fsp3) is 0.833. The van der Waals surface area contributed by atoms with E-state index in [1.54, 1.807) is 0 Å². The van der Waals surface area contributed by atoms with E-state index in [2.05, 4.69) is 54.5 Å². The van der Waals surface area contributed by atoms with Crippen LogP contribution >= 0.6 is 12.2 Å². The third kappa shape index (κ3) is 3.64. The number of hydrogen-bond donors (Lipinski definition) is 1. The van der Waals surface area contributed by atoms with Crippen LogP contribution in [0.2, 0.25) is 0 Å². The summed E-state index contributed by atoms with van der Waals surface area (Å²) < 4.78 is 2.94. The van der Waals surface area contributed by atoms with E-state index in [4.69, 9.17) is 12.2 Å². The lowest BCUT2D eigenvalue weighted by Gasteiger charge is -2.26. The molecular formula is C12H24N4S. The normalized spacial score (nSPS) is 13.6. The third-order valence-corrected chi connectivity index (χ3v) is 3.19. The van der Waals surface area contributed by atoms with Crippen molar-refractivity contribution in [3.63, 3.8) is 0 Å². The van der Waals surface area contributed by atoms with E-state index in [1.165, 1.54) is 0 Å². The topological polar surface area (TPSA) is 36.9 Å². The Balaban J connectivity index is 3.08. The Kier molecular flexibility index (Phi) is 5.33. The van der Waals surface area contributed by atoms with Crippen molar-refractivity contribution in [1.82, 2.24) is 19.7 Å². The van der Waals surface area contributed by atoms with Crippen molar-refractivity contribution in [1.29, 1.82) is 0 Å². The SMILES string of the molecule is CCCc1n[nH]c(=S)n1C(CN(C)C)C(C)C. The largest absolute Gasteiger partial charge is 0.307 e. The van der Waals surface area contributed by atoms with Gasteiger partial charge in [0.05, 0.1) is 6.04 Å². The molecule has 4 nitrogen and oxygen atoms in total. The number of nitrogens with one attached hydrogen (secondary N) is 1. The second-order valence-electron chi connectivity index (χ2n) is 5.14. The molecule has 1 aromatic heterocycles. The molecule has 0 aliphatic heterocycles. The van der Waals surface area contributed by atoms with Crippen molar-refractivity contribution in [2.75, 3.05) is 20.6 Å². The molecule has 0 aromatic carbocycles. The van der Waals surface area contributed by atoms with Crippen molar-refractivity contribution >= 4 is 12.2 Å². The maximum atomic E-state index is 5.36. The van der Waals surface area contributed by atoms with Crippen LogP contribution in [0, 0.1) is 10.7 Å². The average Bonchev–Trinajstić information content (AvgIpc) is 2.57. The van der Waals surface area contributed by atoms with Crippen molar-refractivity contribution in [2.45, 2.75) is 39.7 Å². The summed E-state index contributed by atoms with van der Waals surface area (Å²) in [5.41, 5.74) is 0. The smallest absolute Gasteiger partial charge is 0.195 e. The highest BCUT2D eigenvalue weighted by Crippen LogP contribution is 2.21. The zero-order chi connectivity index (χ0) is 13.0. The molecule has 1 unspecified atom stereocenters. The molecule has 0 radical (unpaired) electrons. The summed E-state index contributed by atoms with van der Waals surface area (Å²) in [4.78, 5) is 2.20. The minimum atomic E-state index is 0.387. The van der Waals surface area contributed by atoms with Crippen molar-refractivity contribution in [2.24, 2.45) is 5.92 Å². The Labute approximate surface area is 109 Å². The van der Waals surface area contributed by atoms with E-state index in [1.807, 2.05) is 0 Å². The van der Waals surface area contributed by atoms with Crippen LogP contribution in [-0.4, -0.2) is 40.3 Å². The lowest BCUT2D eigenvalue weighted by molar-refractivity contribution is 0.262. The van der Waals surface area contributed by atoms with Gasteiger partial charge in [0.1, 0.15) is 5.82 Å². The van der Waals surface area contributed by atoms with Gasteiger partial charge in [-0.2, -0.15) is 5.10 Å². The Morgan fingerprint density at radius 2 is 2.06 bits per heavy atom. The van der Waals surface area contributed by atoms with E-state index in [9.17, 15) is 0 Å². The summed E-state index contributed by atoms with van der Waals surface area (Å²) in [5.74, 6) is 1.62. The molecule has 0 saturated heterocycles. The molecule has 1 N–H and O–H groups in total. The second-order valence-corrected chi connectivity index (χ2v) is 5.53. The molecule has 0 saturated carbocycles. The predicted molar refractivity (Wildman–Crippen MR) is 73.8 cm³/mol. The summed E-state index contributed by atoms with van der Waals surface area (Å²) in [6.07, 6.45) is 2.07.